The summed E-state index contributed by atoms with van der Waals surface area (Å²) in [5.41, 5.74) is 0. The number of benzene rings is 1. The van der Waals surface area contributed by atoms with E-state index in [4.69, 9.17) is 21.3 Å². The van der Waals surface area contributed by atoms with Gasteiger partial charge in [0.2, 0.25) is 0 Å². The van der Waals surface area contributed by atoms with E-state index in [9.17, 15) is 0 Å². The first-order valence-electron chi connectivity index (χ1n) is 6.92. The molecular weight excluding hydrogens is 262 g/mol. The highest BCUT2D eigenvalue weighted by Crippen LogP contribution is 2.21. The van der Waals surface area contributed by atoms with Gasteiger partial charge in [-0.15, -0.1) is 0 Å². The molecule has 0 bridgehead atoms. The minimum absolute atomic E-state index is 0.0202. The van der Waals surface area contributed by atoms with Gasteiger partial charge in [0.1, 0.15) is 17.6 Å². The molecule has 108 valence electrons. The Labute approximate surface area is 121 Å². The van der Waals surface area contributed by atoms with Gasteiger partial charge in [-0.05, 0) is 36.8 Å². The zero-order valence-corrected chi connectivity index (χ0v) is 12.7. The van der Waals surface area contributed by atoms with Crippen molar-refractivity contribution < 1.29 is 9.47 Å². The monoisotopic (exact) mass is 285 g/mol. The quantitative estimate of drug-likeness (QED) is 0.695. The van der Waals surface area contributed by atoms with Gasteiger partial charge in [0.05, 0.1) is 6.61 Å². The smallest absolute Gasteiger partial charge is 0.123 e. The molecule has 0 aromatic heterocycles. The molecule has 0 fully saturated rings. The molecule has 1 aromatic carbocycles. The summed E-state index contributed by atoms with van der Waals surface area (Å²) in [6, 6.07) is 7.75. The van der Waals surface area contributed by atoms with E-state index in [0.717, 1.165) is 30.9 Å². The first-order chi connectivity index (χ1) is 9.19. The standard InChI is InChI=1S/C15H24ClNO2/c1-4-13(5-2)11-18-14-7-6-8-15(9-14)19-12(3)10-17-16/h6-9,12-13,17H,4-5,10-11H2,1-3H3/t12-/m0/s1. The molecule has 0 radical (unpaired) electrons. The number of halogens is 1. The summed E-state index contributed by atoms with van der Waals surface area (Å²) in [6.45, 7) is 7.71. The van der Waals surface area contributed by atoms with Crippen molar-refractivity contribution >= 4 is 11.8 Å². The van der Waals surface area contributed by atoms with Crippen LogP contribution in [0.3, 0.4) is 0 Å². The third-order valence-corrected chi connectivity index (χ3v) is 3.30. The van der Waals surface area contributed by atoms with Gasteiger partial charge in [-0.3, -0.25) is 0 Å². The topological polar surface area (TPSA) is 30.5 Å². The van der Waals surface area contributed by atoms with Crippen LogP contribution in [0.5, 0.6) is 11.5 Å². The van der Waals surface area contributed by atoms with Crippen LogP contribution in [0.4, 0.5) is 0 Å². The molecule has 1 rings (SSSR count). The van der Waals surface area contributed by atoms with Crippen LogP contribution in [0.2, 0.25) is 0 Å². The molecule has 0 aliphatic carbocycles. The van der Waals surface area contributed by atoms with Gasteiger partial charge in [0.15, 0.2) is 0 Å². The highest BCUT2D eigenvalue weighted by atomic mass is 35.5. The zero-order valence-electron chi connectivity index (χ0n) is 12.0. The van der Waals surface area contributed by atoms with Gasteiger partial charge in [0.25, 0.3) is 0 Å². The van der Waals surface area contributed by atoms with E-state index >= 15 is 0 Å². The van der Waals surface area contributed by atoms with Gasteiger partial charge >= 0.3 is 0 Å². The second-order valence-electron chi connectivity index (χ2n) is 4.73. The number of ether oxygens (including phenoxy) is 2. The van der Waals surface area contributed by atoms with Crippen molar-refractivity contribution in [1.82, 2.24) is 4.84 Å². The highest BCUT2D eigenvalue weighted by molar-refractivity contribution is 6.13. The van der Waals surface area contributed by atoms with Gasteiger partial charge in [-0.1, -0.05) is 32.8 Å². The van der Waals surface area contributed by atoms with E-state index in [1.54, 1.807) is 0 Å². The molecule has 1 N–H and O–H groups in total. The van der Waals surface area contributed by atoms with E-state index in [2.05, 4.69) is 18.7 Å². The Bertz CT molecular complexity index is 356. The maximum absolute atomic E-state index is 5.81. The lowest BCUT2D eigenvalue weighted by atomic mass is 10.1. The Kier molecular flexibility index (Phi) is 7.68. The Morgan fingerprint density at radius 3 is 2.53 bits per heavy atom. The SMILES string of the molecule is CCC(CC)COc1cccc(O[C@@H](C)CNCl)c1. The Balaban J connectivity index is 2.51. The largest absolute Gasteiger partial charge is 0.493 e. The van der Waals surface area contributed by atoms with Crippen LogP contribution in [0.1, 0.15) is 33.6 Å². The van der Waals surface area contributed by atoms with Crippen LogP contribution >= 0.6 is 11.8 Å². The summed E-state index contributed by atoms with van der Waals surface area (Å²) in [5, 5.41) is 0. The van der Waals surface area contributed by atoms with Crippen molar-refractivity contribution in [2.24, 2.45) is 5.92 Å². The molecule has 19 heavy (non-hydrogen) atoms. The molecule has 1 atom stereocenters. The third kappa shape index (κ3) is 6.17. The predicted molar refractivity (Wildman–Crippen MR) is 80.0 cm³/mol. The molecule has 0 aliphatic rings. The molecule has 0 heterocycles. The van der Waals surface area contributed by atoms with Crippen molar-refractivity contribution in [3.8, 4) is 11.5 Å². The van der Waals surface area contributed by atoms with Crippen LogP contribution in [-0.4, -0.2) is 19.3 Å². The third-order valence-electron chi connectivity index (χ3n) is 3.15. The van der Waals surface area contributed by atoms with E-state index in [1.807, 2.05) is 31.2 Å². The summed E-state index contributed by atoms with van der Waals surface area (Å²) in [7, 11) is 0. The first kappa shape index (κ1) is 16.1. The molecule has 0 saturated heterocycles. The minimum Gasteiger partial charge on any atom is -0.493 e. The minimum atomic E-state index is 0.0202. The molecule has 0 amide bonds. The molecule has 0 aliphatic heterocycles. The van der Waals surface area contributed by atoms with Gasteiger partial charge < -0.3 is 9.47 Å². The lowest BCUT2D eigenvalue weighted by Crippen LogP contribution is -2.23. The van der Waals surface area contributed by atoms with E-state index in [1.165, 1.54) is 0 Å². The Hall–Kier alpha value is -0.930. The fourth-order valence-corrected chi connectivity index (χ4v) is 1.98. The summed E-state index contributed by atoms with van der Waals surface area (Å²) in [5.74, 6) is 2.28. The number of hydrogen-bond donors (Lipinski definition) is 1. The van der Waals surface area contributed by atoms with Crippen LogP contribution in [0, 0.1) is 5.92 Å². The molecule has 0 spiro atoms. The number of nitrogens with one attached hydrogen (secondary N) is 1. The number of hydrogen-bond acceptors (Lipinski definition) is 3. The van der Waals surface area contributed by atoms with Crippen molar-refractivity contribution in [3.63, 3.8) is 0 Å². The van der Waals surface area contributed by atoms with Gasteiger partial charge in [-0.25, -0.2) is 4.84 Å². The van der Waals surface area contributed by atoms with E-state index in [0.29, 0.717) is 12.5 Å². The fraction of sp³-hybridized carbons (Fsp3) is 0.600. The van der Waals surface area contributed by atoms with E-state index in [-0.39, 0.29) is 6.10 Å². The zero-order chi connectivity index (χ0) is 14.1. The molecule has 0 unspecified atom stereocenters. The lowest BCUT2D eigenvalue weighted by Gasteiger charge is -2.16. The van der Waals surface area contributed by atoms with Crippen LogP contribution in [0.25, 0.3) is 0 Å². The second kappa shape index (κ2) is 9.05. The molecule has 4 heteroatoms. The number of rotatable bonds is 9. The van der Waals surface area contributed by atoms with E-state index < -0.39 is 0 Å². The summed E-state index contributed by atoms with van der Waals surface area (Å²) in [4.78, 5) is 2.57. The second-order valence-corrected chi connectivity index (χ2v) is 5.00. The first-order valence-corrected chi connectivity index (χ1v) is 7.30. The van der Waals surface area contributed by atoms with Crippen LogP contribution in [-0.2, 0) is 0 Å². The average molecular weight is 286 g/mol. The van der Waals surface area contributed by atoms with Crippen molar-refractivity contribution in [1.29, 1.82) is 0 Å². The lowest BCUT2D eigenvalue weighted by molar-refractivity contribution is 0.219. The Morgan fingerprint density at radius 2 is 1.89 bits per heavy atom. The summed E-state index contributed by atoms with van der Waals surface area (Å²) >= 11 is 5.46. The molecule has 3 nitrogen and oxygen atoms in total. The van der Waals surface area contributed by atoms with Gasteiger partial charge in [-0.2, -0.15) is 0 Å². The molecular formula is C15H24ClNO2. The van der Waals surface area contributed by atoms with Crippen molar-refractivity contribution in [3.05, 3.63) is 24.3 Å². The summed E-state index contributed by atoms with van der Waals surface area (Å²) in [6.07, 6.45) is 2.31. The van der Waals surface area contributed by atoms with Crippen molar-refractivity contribution in [2.45, 2.75) is 39.7 Å². The highest BCUT2D eigenvalue weighted by Gasteiger charge is 2.07. The maximum atomic E-state index is 5.81. The normalized spacial score (nSPS) is 12.5. The van der Waals surface area contributed by atoms with Gasteiger partial charge in [0, 0.05) is 12.6 Å². The van der Waals surface area contributed by atoms with Crippen molar-refractivity contribution in [2.75, 3.05) is 13.2 Å². The average Bonchev–Trinajstić information content (AvgIpc) is 2.40. The molecule has 0 saturated carbocycles. The Morgan fingerprint density at radius 1 is 1.21 bits per heavy atom. The van der Waals surface area contributed by atoms with Crippen LogP contribution in [0.15, 0.2) is 24.3 Å². The predicted octanol–water partition coefficient (Wildman–Crippen LogP) is 4.01. The summed E-state index contributed by atoms with van der Waals surface area (Å²) < 4.78 is 11.5. The molecule has 1 aromatic rings. The maximum Gasteiger partial charge on any atom is 0.123 e. The fourth-order valence-electron chi connectivity index (χ4n) is 1.76. The van der Waals surface area contributed by atoms with Crippen LogP contribution < -0.4 is 14.3 Å².